The van der Waals surface area contributed by atoms with Gasteiger partial charge in [0.15, 0.2) is 12.4 Å². The Hall–Kier alpha value is -3.97. The lowest BCUT2D eigenvalue weighted by molar-refractivity contribution is -0.142. The second-order valence-corrected chi connectivity index (χ2v) is 13.7. The van der Waals surface area contributed by atoms with Gasteiger partial charge in [0.2, 0.25) is 10.7 Å². The van der Waals surface area contributed by atoms with Crippen molar-refractivity contribution in [2.75, 3.05) is 18.1 Å². The monoisotopic (exact) mass is 605 g/mol. The summed E-state index contributed by atoms with van der Waals surface area (Å²) in [5.41, 5.74) is 1.54. The lowest BCUT2D eigenvalue weighted by atomic mass is 9.92. The molecule has 2 aliphatic heterocycles. The van der Waals surface area contributed by atoms with Crippen LogP contribution in [0.1, 0.15) is 59.9 Å². The minimum absolute atomic E-state index is 0.0964. The van der Waals surface area contributed by atoms with E-state index in [9.17, 15) is 14.0 Å². The summed E-state index contributed by atoms with van der Waals surface area (Å²) in [5, 5.41) is 0. The largest absolute Gasteiger partial charge is 0.481 e. The number of hydrogen-bond donors (Lipinski definition) is 0. The fraction of sp³-hybridized carbons (Fsp3) is 0.455. The number of carbonyl (C=O) groups excluding carboxylic acids is 2. The zero-order chi connectivity index (χ0) is 31.5. The second-order valence-electron chi connectivity index (χ2n) is 12.9. The van der Waals surface area contributed by atoms with Crippen LogP contribution in [0.2, 0.25) is 0 Å². The highest BCUT2D eigenvalue weighted by Gasteiger charge is 2.31. The van der Waals surface area contributed by atoms with Gasteiger partial charge >= 0.3 is 0 Å². The van der Waals surface area contributed by atoms with Crippen LogP contribution in [0, 0.1) is 29.0 Å². The van der Waals surface area contributed by atoms with E-state index < -0.39 is 5.82 Å². The number of carbonyl (C=O) groups is 2. The van der Waals surface area contributed by atoms with Crippen LogP contribution < -0.4 is 14.4 Å². The van der Waals surface area contributed by atoms with E-state index >= 15 is 0 Å². The lowest BCUT2D eigenvalue weighted by Gasteiger charge is -2.32. The quantitative estimate of drug-likeness (QED) is 0.348. The van der Waals surface area contributed by atoms with Gasteiger partial charge in [0.1, 0.15) is 17.3 Å². The molecular weight excluding hydrogens is 565 g/mol. The van der Waals surface area contributed by atoms with Crippen molar-refractivity contribution in [2.24, 2.45) is 15.8 Å². The number of amides is 2. The molecular formula is C33H40FN5O3S. The molecule has 0 spiro atoms. The second kappa shape index (κ2) is 12.7. The maximum atomic E-state index is 14.5. The number of benzene rings is 2. The predicted molar refractivity (Wildman–Crippen MR) is 167 cm³/mol. The summed E-state index contributed by atoms with van der Waals surface area (Å²) in [6, 6.07) is 13.1. The fourth-order valence-electron chi connectivity index (χ4n) is 4.95. The third kappa shape index (κ3) is 7.52. The van der Waals surface area contributed by atoms with Crippen molar-refractivity contribution in [2.45, 2.75) is 74.0 Å². The summed E-state index contributed by atoms with van der Waals surface area (Å²) in [6.07, 6.45) is 6.22. The van der Waals surface area contributed by atoms with E-state index in [1.54, 1.807) is 0 Å². The van der Waals surface area contributed by atoms with Gasteiger partial charge in [-0.2, -0.15) is 4.37 Å². The van der Waals surface area contributed by atoms with Gasteiger partial charge in [-0.3, -0.25) is 14.5 Å². The minimum atomic E-state index is -0.515. The molecule has 0 saturated heterocycles. The number of terminal acetylenes is 1. The molecule has 228 valence electrons. The van der Waals surface area contributed by atoms with Crippen LogP contribution in [0.5, 0.6) is 5.75 Å². The first-order valence-electron chi connectivity index (χ1n) is 14.4. The van der Waals surface area contributed by atoms with Crippen LogP contribution in [-0.4, -0.2) is 44.8 Å². The molecule has 8 nitrogen and oxygen atoms in total. The van der Waals surface area contributed by atoms with Gasteiger partial charge in [-0.1, -0.05) is 70.9 Å². The highest BCUT2D eigenvalue weighted by atomic mass is 32.1. The molecule has 0 aliphatic carbocycles. The molecule has 0 fully saturated rings. The van der Waals surface area contributed by atoms with Crippen molar-refractivity contribution >= 4 is 34.7 Å². The van der Waals surface area contributed by atoms with Crippen molar-refractivity contribution < 1.29 is 18.7 Å². The topological polar surface area (TPSA) is 80.0 Å². The maximum Gasteiger partial charge on any atom is 0.265 e. The third-order valence-electron chi connectivity index (χ3n) is 7.16. The molecule has 10 heteroatoms. The number of hydrogen-bond acceptors (Lipinski definition) is 6. The molecule has 0 atom stereocenters. The summed E-state index contributed by atoms with van der Waals surface area (Å²) in [4.78, 5) is 32.8. The molecule has 0 bridgehead atoms. The highest BCUT2D eigenvalue weighted by Crippen LogP contribution is 2.37. The van der Waals surface area contributed by atoms with Gasteiger partial charge in [-0.05, 0) is 30.9 Å². The molecule has 0 radical (unpaired) electrons. The lowest BCUT2D eigenvalue weighted by Crippen LogP contribution is -2.43. The zero-order valence-electron chi connectivity index (χ0n) is 26.0. The Morgan fingerprint density at radius 3 is 2.58 bits per heavy atom. The Morgan fingerprint density at radius 1 is 1.26 bits per heavy atom. The molecule has 2 amide bonds. The first-order chi connectivity index (χ1) is 20.2. The van der Waals surface area contributed by atoms with Gasteiger partial charge in [0, 0.05) is 48.6 Å². The molecule has 1 aromatic heterocycles. The summed E-state index contributed by atoms with van der Waals surface area (Å²) >= 11 is 1.24. The SMILES string of the molecule is C#CCN1C(=O)COc2cc(F)c(N=c3snc4n3CC(C)(C)C4)cc21.CC(C)N(Cc1ccccc1)C(=O)C(C)(C)C. The number of halogens is 1. The first-order valence-corrected chi connectivity index (χ1v) is 15.1. The van der Waals surface area contributed by atoms with Crippen molar-refractivity contribution in [3.05, 3.63) is 64.5 Å². The average Bonchev–Trinajstić information content (AvgIpc) is 3.44. The van der Waals surface area contributed by atoms with Gasteiger partial charge in [-0.25, -0.2) is 9.38 Å². The Morgan fingerprint density at radius 2 is 1.95 bits per heavy atom. The smallest absolute Gasteiger partial charge is 0.265 e. The van der Waals surface area contributed by atoms with Crippen molar-refractivity contribution in [3.8, 4) is 18.1 Å². The molecule has 3 heterocycles. The van der Waals surface area contributed by atoms with Crippen molar-refractivity contribution in [3.63, 3.8) is 0 Å². The van der Waals surface area contributed by atoms with Crippen LogP contribution in [0.15, 0.2) is 47.5 Å². The molecule has 0 unspecified atom stereocenters. The highest BCUT2D eigenvalue weighted by molar-refractivity contribution is 7.02. The summed E-state index contributed by atoms with van der Waals surface area (Å²) in [6.45, 7) is 15.8. The molecule has 43 heavy (non-hydrogen) atoms. The Kier molecular flexibility index (Phi) is 9.45. The van der Waals surface area contributed by atoms with Crippen LogP contribution in [-0.2, 0) is 29.1 Å². The molecule has 0 N–H and O–H groups in total. The Labute approximate surface area is 257 Å². The summed E-state index contributed by atoms with van der Waals surface area (Å²) in [5.74, 6) is 3.13. The Bertz CT molecular complexity index is 1600. The zero-order valence-corrected chi connectivity index (χ0v) is 26.8. The normalized spacial score (nSPS) is 15.7. The van der Waals surface area contributed by atoms with Crippen molar-refractivity contribution in [1.82, 2.24) is 13.8 Å². The van der Waals surface area contributed by atoms with Crippen LogP contribution in [0.4, 0.5) is 15.8 Å². The van der Waals surface area contributed by atoms with E-state index in [1.165, 1.54) is 34.1 Å². The van der Waals surface area contributed by atoms with Crippen LogP contribution >= 0.6 is 11.5 Å². The van der Waals surface area contributed by atoms with E-state index in [-0.39, 0.29) is 47.5 Å². The number of rotatable bonds is 5. The molecule has 2 aromatic carbocycles. The number of nitrogens with zero attached hydrogens (tertiary/aromatic N) is 5. The van der Waals surface area contributed by atoms with Crippen LogP contribution in [0.25, 0.3) is 0 Å². The maximum absolute atomic E-state index is 14.5. The van der Waals surface area contributed by atoms with E-state index in [4.69, 9.17) is 11.2 Å². The van der Waals surface area contributed by atoms with Crippen LogP contribution in [0.3, 0.4) is 0 Å². The van der Waals surface area contributed by atoms with Crippen molar-refractivity contribution in [1.29, 1.82) is 0 Å². The first kappa shape index (κ1) is 32.0. The van der Waals surface area contributed by atoms with E-state index in [1.807, 2.05) is 48.4 Å². The molecule has 3 aromatic rings. The number of ether oxygens (including phenoxy) is 1. The number of anilines is 1. The standard InChI is InChI=1S/C18H17FN4O2S.C15H23NO/c1-4-5-22-13-7-12(11(19)6-14(13)25-9-16(22)24)20-17-23-10-18(2,3)8-15(23)21-26-17;1-12(2)16(14(17)15(3,4)5)11-13-9-7-6-8-10-13/h1,6-7H,5,8-10H2,2-3H3;6-10,12H,11H2,1-5H3. The summed E-state index contributed by atoms with van der Waals surface area (Å²) < 4.78 is 26.3. The third-order valence-corrected chi connectivity index (χ3v) is 7.93. The van der Waals surface area contributed by atoms with E-state index in [0.717, 1.165) is 18.8 Å². The van der Waals surface area contributed by atoms with Gasteiger partial charge in [0.05, 0.1) is 12.2 Å². The molecule has 0 saturated carbocycles. The van der Waals surface area contributed by atoms with E-state index in [2.05, 4.69) is 55.1 Å². The van der Waals surface area contributed by atoms with Gasteiger partial charge < -0.3 is 14.2 Å². The van der Waals surface area contributed by atoms with E-state index in [0.29, 0.717) is 22.8 Å². The minimum Gasteiger partial charge on any atom is -0.481 e. The fourth-order valence-corrected chi connectivity index (χ4v) is 5.70. The predicted octanol–water partition coefficient (Wildman–Crippen LogP) is 5.73. The van der Waals surface area contributed by atoms with Gasteiger partial charge in [0.25, 0.3) is 5.91 Å². The number of aromatic nitrogens is 2. The molecule has 2 aliphatic rings. The number of fused-ring (bicyclic) bond motifs is 2. The molecule has 5 rings (SSSR count). The van der Waals surface area contributed by atoms with Gasteiger partial charge in [-0.15, -0.1) is 6.42 Å². The summed E-state index contributed by atoms with van der Waals surface area (Å²) in [7, 11) is 0. The average molecular weight is 606 g/mol. The Balaban J connectivity index is 0.000000217.